The highest BCUT2D eigenvalue weighted by molar-refractivity contribution is 7.99. The molecule has 2 aromatic rings. The first-order chi connectivity index (χ1) is 6.22. The number of hydrogen-bond donors (Lipinski definition) is 1. The molecule has 68 valence electrons. The van der Waals surface area contributed by atoms with Crippen molar-refractivity contribution in [2.75, 3.05) is 12.0 Å². The predicted molar refractivity (Wildman–Crippen MR) is 63.0 cm³/mol. The molecule has 13 heavy (non-hydrogen) atoms. The van der Waals surface area contributed by atoms with Crippen LogP contribution in [0.15, 0.2) is 23.1 Å². The molecule has 0 aliphatic rings. The summed E-state index contributed by atoms with van der Waals surface area (Å²) in [6.07, 6.45) is 2.05. The van der Waals surface area contributed by atoms with Gasteiger partial charge in [0.25, 0.3) is 0 Å². The molecular formula is C9H8ClNS2. The van der Waals surface area contributed by atoms with Crippen LogP contribution < -0.4 is 5.73 Å². The number of thiophene rings is 1. The predicted octanol–water partition coefficient (Wildman–Crippen LogP) is 3.86. The van der Waals surface area contributed by atoms with Crippen LogP contribution in [-0.2, 0) is 0 Å². The number of halogens is 1. The first-order valence-electron chi connectivity index (χ1n) is 3.74. The highest BCUT2D eigenvalue weighted by atomic mass is 35.5. The molecule has 0 radical (unpaired) electrons. The zero-order chi connectivity index (χ0) is 9.42. The van der Waals surface area contributed by atoms with Crippen molar-refractivity contribution in [1.82, 2.24) is 0 Å². The van der Waals surface area contributed by atoms with Gasteiger partial charge in [-0.15, -0.1) is 23.1 Å². The van der Waals surface area contributed by atoms with Gasteiger partial charge in [0.05, 0.1) is 9.70 Å². The summed E-state index contributed by atoms with van der Waals surface area (Å²) >= 11 is 9.35. The van der Waals surface area contributed by atoms with Crippen molar-refractivity contribution < 1.29 is 0 Å². The fourth-order valence-electron chi connectivity index (χ4n) is 1.25. The third kappa shape index (κ3) is 1.52. The number of nitrogen functional groups attached to an aromatic ring is 1. The molecule has 0 aliphatic carbocycles. The molecule has 0 aliphatic heterocycles. The van der Waals surface area contributed by atoms with Crippen molar-refractivity contribution in [2.24, 2.45) is 0 Å². The van der Waals surface area contributed by atoms with Crippen molar-refractivity contribution in [3.63, 3.8) is 0 Å². The number of rotatable bonds is 1. The molecule has 0 saturated heterocycles. The van der Waals surface area contributed by atoms with E-state index in [0.29, 0.717) is 0 Å². The SMILES string of the molecule is CSc1ccc(Cl)c2cc(N)sc12. The lowest BCUT2D eigenvalue weighted by Crippen LogP contribution is -1.73. The van der Waals surface area contributed by atoms with Gasteiger partial charge in [-0.05, 0) is 24.5 Å². The maximum absolute atomic E-state index is 6.04. The molecule has 0 amide bonds. The number of anilines is 1. The second kappa shape index (κ2) is 3.40. The number of benzene rings is 1. The molecule has 1 nitrogen and oxygen atoms in total. The van der Waals surface area contributed by atoms with Crippen LogP contribution in [0.1, 0.15) is 0 Å². The van der Waals surface area contributed by atoms with Crippen molar-refractivity contribution in [3.05, 3.63) is 23.2 Å². The van der Waals surface area contributed by atoms with Crippen LogP contribution in [-0.4, -0.2) is 6.26 Å². The van der Waals surface area contributed by atoms with E-state index in [9.17, 15) is 0 Å². The Labute approximate surface area is 89.9 Å². The van der Waals surface area contributed by atoms with Gasteiger partial charge in [0.2, 0.25) is 0 Å². The summed E-state index contributed by atoms with van der Waals surface area (Å²) in [5, 5.41) is 2.66. The maximum Gasteiger partial charge on any atom is 0.0869 e. The monoisotopic (exact) mass is 229 g/mol. The Morgan fingerprint density at radius 1 is 1.46 bits per heavy atom. The Morgan fingerprint density at radius 3 is 2.92 bits per heavy atom. The van der Waals surface area contributed by atoms with E-state index in [2.05, 4.69) is 6.26 Å². The van der Waals surface area contributed by atoms with E-state index in [1.54, 1.807) is 23.1 Å². The summed E-state index contributed by atoms with van der Waals surface area (Å²) in [4.78, 5) is 1.24. The minimum Gasteiger partial charge on any atom is -0.391 e. The van der Waals surface area contributed by atoms with Crippen LogP contribution in [0.2, 0.25) is 5.02 Å². The lowest BCUT2D eigenvalue weighted by Gasteiger charge is -1.98. The number of fused-ring (bicyclic) bond motifs is 1. The zero-order valence-electron chi connectivity index (χ0n) is 7.00. The first kappa shape index (κ1) is 9.19. The van der Waals surface area contributed by atoms with Gasteiger partial charge in [-0.1, -0.05) is 11.6 Å². The van der Waals surface area contributed by atoms with Crippen molar-refractivity contribution in [2.45, 2.75) is 4.90 Å². The lowest BCUT2D eigenvalue weighted by molar-refractivity contribution is 1.60. The highest BCUT2D eigenvalue weighted by Gasteiger charge is 2.07. The van der Waals surface area contributed by atoms with Gasteiger partial charge in [0.15, 0.2) is 0 Å². The molecule has 1 heterocycles. The van der Waals surface area contributed by atoms with Crippen molar-refractivity contribution in [1.29, 1.82) is 0 Å². The zero-order valence-corrected chi connectivity index (χ0v) is 9.39. The normalized spacial score (nSPS) is 10.9. The van der Waals surface area contributed by atoms with E-state index in [4.69, 9.17) is 17.3 Å². The molecule has 0 spiro atoms. The summed E-state index contributed by atoms with van der Waals surface area (Å²) in [5.74, 6) is 0. The van der Waals surface area contributed by atoms with Crippen LogP contribution in [0.3, 0.4) is 0 Å². The van der Waals surface area contributed by atoms with E-state index in [1.807, 2.05) is 18.2 Å². The molecule has 0 atom stereocenters. The third-order valence-electron chi connectivity index (χ3n) is 1.83. The minimum atomic E-state index is 0.778. The Hall–Kier alpha value is -0.380. The van der Waals surface area contributed by atoms with E-state index in [0.717, 1.165) is 15.4 Å². The Kier molecular flexibility index (Phi) is 2.41. The average Bonchev–Trinajstić information content (AvgIpc) is 2.48. The number of hydrogen-bond acceptors (Lipinski definition) is 3. The van der Waals surface area contributed by atoms with Gasteiger partial charge in [-0.3, -0.25) is 0 Å². The highest BCUT2D eigenvalue weighted by Crippen LogP contribution is 2.38. The Bertz CT molecular complexity index is 450. The smallest absolute Gasteiger partial charge is 0.0869 e. The molecule has 0 saturated carbocycles. The van der Waals surface area contributed by atoms with E-state index in [1.165, 1.54) is 9.60 Å². The van der Waals surface area contributed by atoms with Gasteiger partial charge in [-0.2, -0.15) is 0 Å². The van der Waals surface area contributed by atoms with Crippen LogP contribution in [0, 0.1) is 0 Å². The molecule has 0 fully saturated rings. The van der Waals surface area contributed by atoms with E-state index < -0.39 is 0 Å². The van der Waals surface area contributed by atoms with Crippen LogP contribution >= 0.6 is 34.7 Å². The van der Waals surface area contributed by atoms with E-state index in [-0.39, 0.29) is 0 Å². The second-order valence-electron chi connectivity index (χ2n) is 2.64. The summed E-state index contributed by atoms with van der Waals surface area (Å²) in [7, 11) is 0. The van der Waals surface area contributed by atoms with Crippen molar-refractivity contribution >= 4 is 49.8 Å². The van der Waals surface area contributed by atoms with Crippen LogP contribution in [0.25, 0.3) is 10.1 Å². The first-order valence-corrected chi connectivity index (χ1v) is 6.16. The molecule has 1 aromatic heterocycles. The molecule has 0 bridgehead atoms. The van der Waals surface area contributed by atoms with Crippen molar-refractivity contribution in [3.8, 4) is 0 Å². The van der Waals surface area contributed by atoms with E-state index >= 15 is 0 Å². The summed E-state index contributed by atoms with van der Waals surface area (Å²) in [6, 6.07) is 5.88. The minimum absolute atomic E-state index is 0.778. The van der Waals surface area contributed by atoms with Gasteiger partial charge < -0.3 is 5.73 Å². The summed E-state index contributed by atoms with van der Waals surface area (Å²) < 4.78 is 1.19. The summed E-state index contributed by atoms with van der Waals surface area (Å²) in [6.45, 7) is 0. The van der Waals surface area contributed by atoms with Gasteiger partial charge in [0.1, 0.15) is 0 Å². The number of thioether (sulfide) groups is 1. The van der Waals surface area contributed by atoms with Gasteiger partial charge in [-0.25, -0.2) is 0 Å². The summed E-state index contributed by atoms with van der Waals surface area (Å²) in [5.41, 5.74) is 5.73. The van der Waals surface area contributed by atoms with Crippen LogP contribution in [0.5, 0.6) is 0 Å². The molecule has 4 heteroatoms. The molecule has 0 unspecified atom stereocenters. The fourth-order valence-corrected chi connectivity index (χ4v) is 3.25. The topological polar surface area (TPSA) is 26.0 Å². The maximum atomic E-state index is 6.04. The van der Waals surface area contributed by atoms with Crippen LogP contribution in [0.4, 0.5) is 5.00 Å². The Balaban J connectivity index is 2.83. The largest absolute Gasteiger partial charge is 0.391 e. The molecular weight excluding hydrogens is 222 g/mol. The lowest BCUT2D eigenvalue weighted by atomic mass is 10.2. The number of nitrogens with two attached hydrogens (primary N) is 1. The van der Waals surface area contributed by atoms with Gasteiger partial charge in [0, 0.05) is 15.3 Å². The Morgan fingerprint density at radius 2 is 2.23 bits per heavy atom. The molecule has 2 rings (SSSR count). The average molecular weight is 230 g/mol. The standard InChI is InChI=1S/C9H8ClNS2/c1-12-7-3-2-6(10)5-4-8(11)13-9(5)7/h2-4H,11H2,1H3. The van der Waals surface area contributed by atoms with Gasteiger partial charge >= 0.3 is 0 Å². The molecule has 1 aromatic carbocycles. The quantitative estimate of drug-likeness (QED) is 0.752. The fraction of sp³-hybridized carbons (Fsp3) is 0.111. The second-order valence-corrected chi connectivity index (χ2v) is 4.98. The molecule has 2 N–H and O–H groups in total. The third-order valence-corrected chi connectivity index (χ3v) is 4.07.